The summed E-state index contributed by atoms with van der Waals surface area (Å²) in [5, 5.41) is 8.40. The first-order valence-electron chi connectivity index (χ1n) is 15.8. The molecule has 3 amide bonds. The quantitative estimate of drug-likeness (QED) is 0.0932. The van der Waals surface area contributed by atoms with Gasteiger partial charge in [-0.1, -0.05) is 39.8 Å². The molecule has 0 spiro atoms. The fraction of sp³-hybridized carbons (Fsp3) is 0.697. The Bertz CT molecular complexity index is 1040. The number of hydrogen-bond acceptors (Lipinski definition) is 9. The van der Waals surface area contributed by atoms with Crippen molar-refractivity contribution >= 4 is 23.7 Å². The van der Waals surface area contributed by atoms with Gasteiger partial charge in [0.15, 0.2) is 6.29 Å². The first kappa shape index (κ1) is 39.8. The molecule has 5 unspecified atom stereocenters. The van der Waals surface area contributed by atoms with Gasteiger partial charge in [0.2, 0.25) is 17.7 Å². The minimum absolute atomic E-state index is 0.0339. The van der Waals surface area contributed by atoms with Crippen molar-refractivity contribution in [2.75, 3.05) is 60.8 Å². The van der Waals surface area contributed by atoms with Crippen LogP contribution in [0.4, 0.5) is 0 Å². The largest absolute Gasteiger partial charge is 0.497 e. The van der Waals surface area contributed by atoms with E-state index in [4.69, 9.17) is 23.7 Å². The van der Waals surface area contributed by atoms with Gasteiger partial charge in [0.25, 0.3) is 0 Å². The van der Waals surface area contributed by atoms with Crippen LogP contribution in [0.5, 0.6) is 5.75 Å². The molecule has 12 heteroatoms. The van der Waals surface area contributed by atoms with E-state index in [-0.39, 0.29) is 69.5 Å². The van der Waals surface area contributed by atoms with Gasteiger partial charge in [-0.3, -0.25) is 19.2 Å². The zero-order valence-corrected chi connectivity index (χ0v) is 28.4. The van der Waals surface area contributed by atoms with Gasteiger partial charge in [0.05, 0.1) is 32.3 Å². The average Bonchev–Trinajstić information content (AvgIpc) is 3.05. The minimum Gasteiger partial charge on any atom is -0.497 e. The second-order valence-corrected chi connectivity index (χ2v) is 11.4. The number of hydrogen-bond donors (Lipinski definition) is 3. The molecule has 0 bridgehead atoms. The van der Waals surface area contributed by atoms with Gasteiger partial charge < -0.3 is 39.6 Å². The Labute approximate surface area is 268 Å². The predicted octanol–water partition coefficient (Wildman–Crippen LogP) is 3.39. The van der Waals surface area contributed by atoms with E-state index in [2.05, 4.69) is 16.0 Å². The molecule has 0 aromatic heterocycles. The second-order valence-electron chi connectivity index (χ2n) is 11.4. The second kappa shape index (κ2) is 21.5. The molecule has 0 aliphatic heterocycles. The molecule has 1 rings (SSSR count). The summed E-state index contributed by atoms with van der Waals surface area (Å²) in [4.78, 5) is 50.8. The lowest BCUT2D eigenvalue weighted by Gasteiger charge is -2.31. The zero-order chi connectivity index (χ0) is 33.8. The van der Waals surface area contributed by atoms with E-state index in [1.54, 1.807) is 40.1 Å². The van der Waals surface area contributed by atoms with E-state index in [1.807, 2.05) is 32.9 Å². The highest BCUT2D eigenvalue weighted by molar-refractivity contribution is 5.83. The molecular weight excluding hydrogens is 582 g/mol. The lowest BCUT2D eigenvalue weighted by molar-refractivity contribution is -0.158. The summed E-state index contributed by atoms with van der Waals surface area (Å²) in [7, 11) is 4.66. The van der Waals surface area contributed by atoms with Crippen LogP contribution >= 0.6 is 0 Å². The monoisotopic (exact) mass is 637 g/mol. The summed E-state index contributed by atoms with van der Waals surface area (Å²) < 4.78 is 27.6. The van der Waals surface area contributed by atoms with Crippen molar-refractivity contribution < 1.29 is 42.9 Å². The number of amides is 3. The van der Waals surface area contributed by atoms with Gasteiger partial charge >= 0.3 is 5.97 Å². The third kappa shape index (κ3) is 14.2. The van der Waals surface area contributed by atoms with Crippen molar-refractivity contribution in [1.82, 2.24) is 16.0 Å². The summed E-state index contributed by atoms with van der Waals surface area (Å²) in [6, 6.07) is 7.25. The molecule has 1 aromatic rings. The van der Waals surface area contributed by atoms with Crippen LogP contribution in [0.15, 0.2) is 24.3 Å². The summed E-state index contributed by atoms with van der Waals surface area (Å²) in [6.07, 6.45) is 0.926. The normalized spacial score (nSPS) is 15.1. The van der Waals surface area contributed by atoms with Crippen LogP contribution in [0.3, 0.4) is 0 Å². The third-order valence-corrected chi connectivity index (χ3v) is 7.98. The molecule has 3 N–H and O–H groups in total. The van der Waals surface area contributed by atoms with Gasteiger partial charge in [-0.05, 0) is 44.7 Å². The van der Waals surface area contributed by atoms with Gasteiger partial charge in [-0.15, -0.1) is 0 Å². The average molecular weight is 638 g/mol. The molecule has 0 heterocycles. The third-order valence-electron chi connectivity index (χ3n) is 7.98. The number of nitrogens with one attached hydrogen (secondary N) is 3. The molecule has 0 saturated carbocycles. The van der Waals surface area contributed by atoms with E-state index < -0.39 is 29.5 Å². The number of benzene rings is 1. The Kier molecular flexibility index (Phi) is 19.0. The maximum Gasteiger partial charge on any atom is 0.311 e. The minimum atomic E-state index is -0.924. The van der Waals surface area contributed by atoms with E-state index in [9.17, 15) is 19.2 Å². The molecule has 45 heavy (non-hydrogen) atoms. The van der Waals surface area contributed by atoms with Crippen LogP contribution in [0.1, 0.15) is 72.2 Å². The molecule has 0 radical (unpaired) electrons. The Hall–Kier alpha value is -3.22. The van der Waals surface area contributed by atoms with Crippen LogP contribution in [0, 0.1) is 23.2 Å². The molecule has 0 fully saturated rings. The zero-order valence-electron chi connectivity index (χ0n) is 28.4. The number of rotatable bonds is 23. The standard InChI is InChI=1S/C33H55N3O9/c1-9-23(3)29(38)35-15-17-43-31(25-11-13-27(42-8)14-12-25)44-18-16-36-30(39)26(21-24(4)28(37)34-6)22-33(5,10-2)32(40)45-20-19-41-7/h11-14,23-24,26,31H,9-10,15-22H2,1-8H3,(H,34,37)(H,35,38)(H,36,39). The van der Waals surface area contributed by atoms with Crippen LogP contribution in [-0.2, 0) is 38.1 Å². The van der Waals surface area contributed by atoms with Crippen molar-refractivity contribution in [1.29, 1.82) is 0 Å². The first-order chi connectivity index (χ1) is 21.5. The van der Waals surface area contributed by atoms with Crippen LogP contribution in [0.2, 0.25) is 0 Å². The number of ether oxygens (including phenoxy) is 5. The molecule has 0 aliphatic carbocycles. The molecular formula is C33H55N3O9. The number of carbonyl (C=O) groups is 4. The van der Waals surface area contributed by atoms with Crippen molar-refractivity contribution in [2.45, 2.75) is 66.6 Å². The highest BCUT2D eigenvalue weighted by Gasteiger charge is 2.39. The number of esters is 1. The van der Waals surface area contributed by atoms with Crippen LogP contribution in [-0.4, -0.2) is 84.5 Å². The fourth-order valence-electron chi connectivity index (χ4n) is 4.56. The number of methoxy groups -OCH3 is 2. The molecule has 5 atom stereocenters. The lowest BCUT2D eigenvalue weighted by Crippen LogP contribution is -2.41. The van der Waals surface area contributed by atoms with E-state index >= 15 is 0 Å². The number of carbonyl (C=O) groups excluding carboxylic acids is 4. The Balaban J connectivity index is 2.91. The molecule has 0 aliphatic rings. The van der Waals surface area contributed by atoms with Crippen molar-refractivity contribution in [3.05, 3.63) is 29.8 Å². The predicted molar refractivity (Wildman–Crippen MR) is 170 cm³/mol. The van der Waals surface area contributed by atoms with Crippen molar-refractivity contribution in [3.63, 3.8) is 0 Å². The van der Waals surface area contributed by atoms with Crippen LogP contribution in [0.25, 0.3) is 0 Å². The van der Waals surface area contributed by atoms with Crippen molar-refractivity contribution in [3.8, 4) is 5.75 Å². The van der Waals surface area contributed by atoms with Crippen molar-refractivity contribution in [2.24, 2.45) is 23.2 Å². The van der Waals surface area contributed by atoms with Gasteiger partial charge in [0.1, 0.15) is 12.4 Å². The highest BCUT2D eigenvalue weighted by Crippen LogP contribution is 2.34. The fourth-order valence-corrected chi connectivity index (χ4v) is 4.56. The molecule has 1 aromatic carbocycles. The van der Waals surface area contributed by atoms with Gasteiger partial charge in [0, 0.05) is 50.6 Å². The van der Waals surface area contributed by atoms with E-state index in [0.29, 0.717) is 18.7 Å². The summed E-state index contributed by atoms with van der Waals surface area (Å²) in [6.45, 7) is 10.5. The van der Waals surface area contributed by atoms with Gasteiger partial charge in [-0.2, -0.15) is 0 Å². The van der Waals surface area contributed by atoms with E-state index in [0.717, 1.165) is 12.0 Å². The lowest BCUT2D eigenvalue weighted by atomic mass is 9.76. The maximum absolute atomic E-state index is 13.5. The summed E-state index contributed by atoms with van der Waals surface area (Å²) in [5.41, 5.74) is -0.176. The molecule has 12 nitrogen and oxygen atoms in total. The summed E-state index contributed by atoms with van der Waals surface area (Å²) in [5.74, 6) is -1.37. The molecule has 0 saturated heterocycles. The van der Waals surface area contributed by atoms with Crippen LogP contribution < -0.4 is 20.7 Å². The van der Waals surface area contributed by atoms with Gasteiger partial charge in [-0.25, -0.2) is 0 Å². The summed E-state index contributed by atoms with van der Waals surface area (Å²) >= 11 is 0. The van der Waals surface area contributed by atoms with E-state index in [1.165, 1.54) is 7.11 Å². The maximum atomic E-state index is 13.5. The smallest absolute Gasteiger partial charge is 0.311 e. The Morgan fingerprint density at radius 1 is 0.822 bits per heavy atom. The Morgan fingerprint density at radius 2 is 1.42 bits per heavy atom. The highest BCUT2D eigenvalue weighted by atomic mass is 16.7. The SMILES string of the molecule is CCC(C)C(=O)NCCOC(OCCNC(=O)C(CC(C)C(=O)NC)CC(C)(CC)C(=O)OCCOC)c1ccc(OC)cc1. The topological polar surface area (TPSA) is 151 Å². The first-order valence-corrected chi connectivity index (χ1v) is 15.8. The Morgan fingerprint density at radius 3 is 1.93 bits per heavy atom. The molecule has 256 valence electrons.